The van der Waals surface area contributed by atoms with Crippen molar-refractivity contribution in [3.8, 4) is 0 Å². The van der Waals surface area contributed by atoms with Crippen molar-refractivity contribution in [3.05, 3.63) is 28.8 Å². The van der Waals surface area contributed by atoms with E-state index in [0.29, 0.717) is 30.2 Å². The highest BCUT2D eigenvalue weighted by Crippen LogP contribution is 2.23. The van der Waals surface area contributed by atoms with Gasteiger partial charge in [0.2, 0.25) is 5.96 Å². The number of guanidine groups is 1. The summed E-state index contributed by atoms with van der Waals surface area (Å²) in [5.74, 6) is 0.226. The lowest BCUT2D eigenvalue weighted by Crippen LogP contribution is -2.40. The summed E-state index contributed by atoms with van der Waals surface area (Å²) >= 11 is 6.26. The van der Waals surface area contributed by atoms with Gasteiger partial charge in [0, 0.05) is 13.1 Å². The number of nitrogens with zero attached hydrogens (tertiary/aromatic N) is 1. The van der Waals surface area contributed by atoms with Crippen molar-refractivity contribution < 1.29 is 19.4 Å². The summed E-state index contributed by atoms with van der Waals surface area (Å²) in [4.78, 5) is 26.5. The Morgan fingerprint density at radius 1 is 1.31 bits per heavy atom. The molecule has 8 nitrogen and oxygen atoms in total. The number of hydrogen-bond acceptors (Lipinski definition) is 4. The van der Waals surface area contributed by atoms with Crippen molar-refractivity contribution in [2.45, 2.75) is 39.7 Å². The number of carbonyl (C=O) groups is 2. The summed E-state index contributed by atoms with van der Waals surface area (Å²) in [5, 5.41) is 16.8. The fraction of sp³-hybridized carbons (Fsp3) is 0.471. The molecule has 0 heterocycles. The molecule has 1 rings (SSSR count). The van der Waals surface area contributed by atoms with Gasteiger partial charge in [-0.15, -0.1) is 0 Å². The summed E-state index contributed by atoms with van der Waals surface area (Å²) in [7, 11) is 0. The van der Waals surface area contributed by atoms with E-state index in [-0.39, 0.29) is 5.96 Å². The lowest BCUT2D eigenvalue weighted by Gasteiger charge is -2.20. The minimum absolute atomic E-state index is 0.226. The molecule has 0 aliphatic rings. The number of rotatable bonds is 5. The van der Waals surface area contributed by atoms with Crippen LogP contribution in [0.15, 0.2) is 23.2 Å². The van der Waals surface area contributed by atoms with Crippen LogP contribution < -0.4 is 16.0 Å². The van der Waals surface area contributed by atoms with Gasteiger partial charge < -0.3 is 20.5 Å². The molecule has 0 saturated heterocycles. The predicted octanol–water partition coefficient (Wildman–Crippen LogP) is 3.46. The van der Waals surface area contributed by atoms with E-state index in [2.05, 4.69) is 20.9 Å². The van der Waals surface area contributed by atoms with Crippen LogP contribution in [0.3, 0.4) is 0 Å². The first-order valence-electron chi connectivity index (χ1n) is 8.17. The first kappa shape index (κ1) is 21.6. The van der Waals surface area contributed by atoms with E-state index in [4.69, 9.17) is 21.4 Å². The smallest absolute Gasteiger partial charge is 0.414 e. The van der Waals surface area contributed by atoms with Gasteiger partial charge in [0.15, 0.2) is 0 Å². The maximum atomic E-state index is 11.9. The van der Waals surface area contributed by atoms with Crippen LogP contribution in [0.1, 0.15) is 33.3 Å². The van der Waals surface area contributed by atoms with Crippen LogP contribution in [0.25, 0.3) is 0 Å². The molecular weight excluding hydrogens is 360 g/mol. The number of anilines is 1. The average Bonchev–Trinajstić information content (AvgIpc) is 2.47. The third-order valence-electron chi connectivity index (χ3n) is 2.91. The Kier molecular flexibility index (Phi) is 8.18. The van der Waals surface area contributed by atoms with E-state index in [1.807, 2.05) is 13.0 Å². The molecule has 0 spiro atoms. The number of carbonyl (C=O) groups excluding carboxylic acids is 1. The normalized spacial score (nSPS) is 11.7. The van der Waals surface area contributed by atoms with Crippen molar-refractivity contribution in [2.75, 3.05) is 18.4 Å². The second kappa shape index (κ2) is 9.86. The van der Waals surface area contributed by atoms with Gasteiger partial charge in [0.25, 0.3) is 0 Å². The molecular formula is C17H25ClN4O4. The molecule has 1 aromatic carbocycles. The van der Waals surface area contributed by atoms with Crippen molar-refractivity contribution in [3.63, 3.8) is 0 Å². The van der Waals surface area contributed by atoms with E-state index in [9.17, 15) is 9.59 Å². The Morgan fingerprint density at radius 2 is 2.00 bits per heavy atom. The quantitative estimate of drug-likeness (QED) is 0.458. The Morgan fingerprint density at radius 3 is 2.54 bits per heavy atom. The maximum absolute atomic E-state index is 11.9. The fourth-order valence-corrected chi connectivity index (χ4v) is 2.18. The Bertz CT molecular complexity index is 671. The van der Waals surface area contributed by atoms with E-state index >= 15 is 0 Å². The molecule has 9 heteroatoms. The topological polar surface area (TPSA) is 112 Å². The molecule has 0 saturated carbocycles. The van der Waals surface area contributed by atoms with Gasteiger partial charge in [-0.2, -0.15) is 0 Å². The third kappa shape index (κ3) is 8.57. The highest BCUT2D eigenvalue weighted by Gasteiger charge is 2.17. The SMILES string of the molecule is CCN=C(NC(=O)OC(C)(C)C)Nc1ccc(CCNC(=O)O)cc1Cl. The van der Waals surface area contributed by atoms with Crippen LogP contribution in [0, 0.1) is 0 Å². The molecule has 4 N–H and O–H groups in total. The lowest BCUT2D eigenvalue weighted by molar-refractivity contribution is 0.0563. The summed E-state index contributed by atoms with van der Waals surface area (Å²) in [6, 6.07) is 5.28. The molecule has 1 aromatic rings. The standard InChI is InChI=1S/C17H25ClN4O4/c1-5-19-14(22-16(25)26-17(2,3)4)21-13-7-6-11(10-12(13)18)8-9-20-15(23)24/h6-7,10,20H,5,8-9H2,1-4H3,(H,23,24)(H2,19,21,22,25). The van der Waals surface area contributed by atoms with E-state index < -0.39 is 17.8 Å². The Balaban J connectivity index is 2.75. The average molecular weight is 385 g/mol. The first-order valence-corrected chi connectivity index (χ1v) is 8.55. The van der Waals surface area contributed by atoms with Gasteiger partial charge in [-0.3, -0.25) is 10.3 Å². The minimum atomic E-state index is -1.07. The molecule has 0 atom stereocenters. The second-order valence-corrected chi connectivity index (χ2v) is 6.78. The summed E-state index contributed by atoms with van der Waals surface area (Å²) in [6.07, 6.45) is -1.18. The number of carboxylic acid groups (broad SMARTS) is 1. The minimum Gasteiger partial charge on any atom is -0.465 e. The maximum Gasteiger partial charge on any atom is 0.414 e. The van der Waals surface area contributed by atoms with E-state index in [0.717, 1.165) is 5.56 Å². The zero-order chi connectivity index (χ0) is 19.7. The molecule has 0 aromatic heterocycles. The van der Waals surface area contributed by atoms with E-state index in [1.54, 1.807) is 32.9 Å². The predicted molar refractivity (Wildman–Crippen MR) is 102 cm³/mol. The molecule has 2 amide bonds. The highest BCUT2D eigenvalue weighted by molar-refractivity contribution is 6.33. The number of ether oxygens (including phenoxy) is 1. The number of aliphatic imine (C=N–C) groups is 1. The van der Waals surface area contributed by atoms with Gasteiger partial charge >= 0.3 is 12.2 Å². The first-order chi connectivity index (χ1) is 12.1. The third-order valence-corrected chi connectivity index (χ3v) is 3.22. The second-order valence-electron chi connectivity index (χ2n) is 6.37. The van der Waals surface area contributed by atoms with Crippen molar-refractivity contribution in [2.24, 2.45) is 4.99 Å². The van der Waals surface area contributed by atoms with Crippen LogP contribution >= 0.6 is 11.6 Å². The number of amides is 2. The molecule has 0 fully saturated rings. The highest BCUT2D eigenvalue weighted by atomic mass is 35.5. The van der Waals surface area contributed by atoms with Crippen LogP contribution in [0.4, 0.5) is 15.3 Å². The van der Waals surface area contributed by atoms with Crippen LogP contribution in [0.2, 0.25) is 5.02 Å². The number of hydrogen-bond donors (Lipinski definition) is 4. The molecule has 0 radical (unpaired) electrons. The molecule has 0 unspecified atom stereocenters. The van der Waals surface area contributed by atoms with Gasteiger partial charge in [-0.05, 0) is 51.8 Å². The lowest BCUT2D eigenvalue weighted by atomic mass is 10.1. The van der Waals surface area contributed by atoms with Crippen LogP contribution in [0.5, 0.6) is 0 Å². The van der Waals surface area contributed by atoms with E-state index in [1.165, 1.54) is 0 Å². The number of nitrogens with one attached hydrogen (secondary N) is 3. The van der Waals surface area contributed by atoms with Crippen LogP contribution in [-0.4, -0.2) is 41.9 Å². The molecule has 144 valence electrons. The molecule has 26 heavy (non-hydrogen) atoms. The number of alkyl carbamates (subject to hydrolysis) is 1. The molecule has 0 aliphatic carbocycles. The van der Waals surface area contributed by atoms with Gasteiger partial charge in [0.05, 0.1) is 10.7 Å². The molecule has 0 bridgehead atoms. The summed E-state index contributed by atoms with van der Waals surface area (Å²) < 4.78 is 5.21. The largest absolute Gasteiger partial charge is 0.465 e. The summed E-state index contributed by atoms with van der Waals surface area (Å²) in [6.45, 7) is 7.89. The number of halogens is 1. The number of benzene rings is 1. The van der Waals surface area contributed by atoms with Crippen molar-refractivity contribution in [1.82, 2.24) is 10.6 Å². The zero-order valence-electron chi connectivity index (χ0n) is 15.4. The van der Waals surface area contributed by atoms with Gasteiger partial charge in [0.1, 0.15) is 5.60 Å². The Labute approximate surface area is 158 Å². The van der Waals surface area contributed by atoms with Gasteiger partial charge in [-0.1, -0.05) is 17.7 Å². The van der Waals surface area contributed by atoms with Gasteiger partial charge in [-0.25, -0.2) is 9.59 Å². The molecule has 0 aliphatic heterocycles. The van der Waals surface area contributed by atoms with Crippen LogP contribution in [-0.2, 0) is 11.2 Å². The fourth-order valence-electron chi connectivity index (χ4n) is 1.93. The summed E-state index contributed by atoms with van der Waals surface area (Å²) in [5.41, 5.74) is 0.818. The van der Waals surface area contributed by atoms with Crippen molar-refractivity contribution in [1.29, 1.82) is 0 Å². The Hall–Kier alpha value is -2.48. The monoisotopic (exact) mass is 384 g/mol. The zero-order valence-corrected chi connectivity index (χ0v) is 16.1. The van der Waals surface area contributed by atoms with Crippen molar-refractivity contribution >= 4 is 35.4 Å².